The molecule has 0 aliphatic heterocycles. The first-order chi connectivity index (χ1) is 9.99. The summed E-state index contributed by atoms with van der Waals surface area (Å²) in [6, 6.07) is 6.59. The van der Waals surface area contributed by atoms with Gasteiger partial charge >= 0.3 is 0 Å². The van der Waals surface area contributed by atoms with Crippen molar-refractivity contribution in [2.75, 3.05) is 14.2 Å². The molecule has 2 rings (SSSR count). The summed E-state index contributed by atoms with van der Waals surface area (Å²) in [7, 11) is 2.86. The van der Waals surface area contributed by atoms with Gasteiger partial charge in [-0.1, -0.05) is 17.7 Å². The number of halogens is 3. The van der Waals surface area contributed by atoms with E-state index in [-0.39, 0.29) is 16.1 Å². The van der Waals surface area contributed by atoms with Crippen molar-refractivity contribution in [1.82, 2.24) is 0 Å². The predicted octanol–water partition coefficient (Wildman–Crippen LogP) is 3.72. The molecule has 0 spiro atoms. The highest BCUT2D eigenvalue weighted by Crippen LogP contribution is 2.39. The van der Waals surface area contributed by atoms with E-state index < -0.39 is 17.7 Å². The lowest BCUT2D eigenvalue weighted by atomic mass is 9.99. The molecule has 1 atom stereocenters. The van der Waals surface area contributed by atoms with E-state index in [2.05, 4.69) is 0 Å². The predicted molar refractivity (Wildman–Crippen MR) is 75.0 cm³/mol. The van der Waals surface area contributed by atoms with Crippen molar-refractivity contribution in [2.24, 2.45) is 0 Å². The SMILES string of the molecule is COc1cccc(OC)c1C(O)c1cc(F)c(F)cc1Cl. The van der Waals surface area contributed by atoms with Gasteiger partial charge in [0, 0.05) is 10.6 Å². The summed E-state index contributed by atoms with van der Waals surface area (Å²) in [4.78, 5) is 0. The average Bonchev–Trinajstić information content (AvgIpc) is 2.49. The molecule has 112 valence electrons. The topological polar surface area (TPSA) is 38.7 Å². The Morgan fingerprint density at radius 3 is 2.10 bits per heavy atom. The molecule has 0 aromatic heterocycles. The maximum absolute atomic E-state index is 13.4. The second-order valence-corrected chi connectivity index (χ2v) is 4.67. The summed E-state index contributed by atoms with van der Waals surface area (Å²) in [6.45, 7) is 0. The van der Waals surface area contributed by atoms with Crippen molar-refractivity contribution in [3.63, 3.8) is 0 Å². The van der Waals surface area contributed by atoms with E-state index in [0.29, 0.717) is 11.5 Å². The first kappa shape index (κ1) is 15.5. The zero-order chi connectivity index (χ0) is 15.6. The molecule has 0 saturated heterocycles. The Hall–Kier alpha value is -1.85. The van der Waals surface area contributed by atoms with E-state index in [4.69, 9.17) is 21.1 Å². The van der Waals surface area contributed by atoms with Crippen molar-refractivity contribution >= 4 is 11.6 Å². The quantitative estimate of drug-likeness (QED) is 0.874. The third-order valence-electron chi connectivity index (χ3n) is 3.07. The maximum atomic E-state index is 13.4. The first-order valence-electron chi connectivity index (χ1n) is 6.03. The molecule has 2 aromatic rings. The highest BCUT2D eigenvalue weighted by atomic mass is 35.5. The molecule has 0 radical (unpaired) electrons. The van der Waals surface area contributed by atoms with Gasteiger partial charge in [-0.05, 0) is 24.3 Å². The van der Waals surface area contributed by atoms with Crippen LogP contribution in [0.25, 0.3) is 0 Å². The molecule has 3 nitrogen and oxygen atoms in total. The molecule has 0 aliphatic rings. The van der Waals surface area contributed by atoms with E-state index in [1.165, 1.54) is 14.2 Å². The van der Waals surface area contributed by atoms with Gasteiger partial charge in [0.05, 0.1) is 19.8 Å². The molecule has 0 bridgehead atoms. The highest BCUT2D eigenvalue weighted by molar-refractivity contribution is 6.31. The molecule has 1 N–H and O–H groups in total. The number of hydrogen-bond donors (Lipinski definition) is 1. The fourth-order valence-electron chi connectivity index (χ4n) is 2.05. The van der Waals surface area contributed by atoms with Crippen molar-refractivity contribution in [1.29, 1.82) is 0 Å². The van der Waals surface area contributed by atoms with Crippen LogP contribution in [0, 0.1) is 11.6 Å². The Morgan fingerprint density at radius 1 is 1.05 bits per heavy atom. The monoisotopic (exact) mass is 314 g/mol. The fourth-order valence-corrected chi connectivity index (χ4v) is 2.31. The fraction of sp³-hybridized carbons (Fsp3) is 0.200. The van der Waals surface area contributed by atoms with Gasteiger partial charge in [-0.3, -0.25) is 0 Å². The molecular formula is C15H13ClF2O3. The van der Waals surface area contributed by atoms with Crippen LogP contribution in [-0.2, 0) is 0 Å². The van der Waals surface area contributed by atoms with Gasteiger partial charge in [-0.2, -0.15) is 0 Å². The number of ether oxygens (including phenoxy) is 2. The molecule has 0 fully saturated rings. The van der Waals surface area contributed by atoms with Gasteiger partial charge < -0.3 is 14.6 Å². The minimum Gasteiger partial charge on any atom is -0.496 e. The third kappa shape index (κ3) is 2.94. The maximum Gasteiger partial charge on any atom is 0.160 e. The van der Waals surface area contributed by atoms with E-state index in [9.17, 15) is 13.9 Å². The van der Waals surface area contributed by atoms with E-state index >= 15 is 0 Å². The third-order valence-corrected chi connectivity index (χ3v) is 3.40. The van der Waals surface area contributed by atoms with Crippen LogP contribution in [0.15, 0.2) is 30.3 Å². The number of aliphatic hydroxyl groups is 1. The average molecular weight is 315 g/mol. The first-order valence-corrected chi connectivity index (χ1v) is 6.40. The Morgan fingerprint density at radius 2 is 1.57 bits per heavy atom. The van der Waals surface area contributed by atoms with E-state index in [1.807, 2.05) is 0 Å². The summed E-state index contributed by atoms with van der Waals surface area (Å²) in [5.74, 6) is -1.48. The smallest absolute Gasteiger partial charge is 0.160 e. The lowest BCUT2D eigenvalue weighted by molar-refractivity contribution is 0.208. The zero-order valence-corrected chi connectivity index (χ0v) is 12.1. The van der Waals surface area contributed by atoms with Gasteiger partial charge in [0.1, 0.15) is 17.6 Å². The van der Waals surface area contributed by atoms with Crippen LogP contribution in [0.4, 0.5) is 8.78 Å². The van der Waals surface area contributed by atoms with Crippen LogP contribution < -0.4 is 9.47 Å². The summed E-state index contributed by atoms with van der Waals surface area (Å²) in [5.41, 5.74) is 0.314. The standard InChI is InChI=1S/C15H13ClF2O3/c1-20-12-4-3-5-13(21-2)14(12)15(19)8-6-10(17)11(18)7-9(8)16/h3-7,15,19H,1-2H3. The second kappa shape index (κ2) is 6.28. The van der Waals surface area contributed by atoms with Crippen LogP contribution in [-0.4, -0.2) is 19.3 Å². The number of hydrogen-bond acceptors (Lipinski definition) is 3. The molecule has 6 heteroatoms. The molecule has 1 unspecified atom stereocenters. The molecule has 2 aromatic carbocycles. The molecule has 0 amide bonds. The van der Waals surface area contributed by atoms with Crippen LogP contribution in [0.5, 0.6) is 11.5 Å². The van der Waals surface area contributed by atoms with Gasteiger partial charge in [-0.25, -0.2) is 8.78 Å². The normalized spacial score (nSPS) is 12.1. The number of benzene rings is 2. The van der Waals surface area contributed by atoms with Gasteiger partial charge in [0.25, 0.3) is 0 Å². The van der Waals surface area contributed by atoms with Crippen LogP contribution in [0.2, 0.25) is 5.02 Å². The highest BCUT2D eigenvalue weighted by Gasteiger charge is 2.24. The van der Waals surface area contributed by atoms with Crippen molar-refractivity contribution in [2.45, 2.75) is 6.10 Å². The second-order valence-electron chi connectivity index (χ2n) is 4.27. The van der Waals surface area contributed by atoms with Crippen molar-refractivity contribution in [3.05, 3.63) is 58.1 Å². The number of aliphatic hydroxyl groups excluding tert-OH is 1. The van der Waals surface area contributed by atoms with E-state index in [0.717, 1.165) is 12.1 Å². The lowest BCUT2D eigenvalue weighted by Crippen LogP contribution is -2.06. The van der Waals surface area contributed by atoms with Gasteiger partial charge in [0.15, 0.2) is 11.6 Å². The molecule has 0 heterocycles. The number of methoxy groups -OCH3 is 2. The van der Waals surface area contributed by atoms with Gasteiger partial charge in [0.2, 0.25) is 0 Å². The Labute approximate surface area is 125 Å². The summed E-state index contributed by atoms with van der Waals surface area (Å²) >= 11 is 5.89. The lowest BCUT2D eigenvalue weighted by Gasteiger charge is -2.19. The van der Waals surface area contributed by atoms with Gasteiger partial charge in [-0.15, -0.1) is 0 Å². The van der Waals surface area contributed by atoms with Crippen LogP contribution >= 0.6 is 11.6 Å². The molecule has 0 aliphatic carbocycles. The minimum atomic E-state index is -1.32. The molecule has 21 heavy (non-hydrogen) atoms. The summed E-state index contributed by atoms with van der Waals surface area (Å²) < 4.78 is 36.9. The van der Waals surface area contributed by atoms with E-state index in [1.54, 1.807) is 18.2 Å². The largest absolute Gasteiger partial charge is 0.496 e. The molecular weight excluding hydrogens is 302 g/mol. The van der Waals surface area contributed by atoms with Crippen molar-refractivity contribution < 1.29 is 23.4 Å². The summed E-state index contributed by atoms with van der Waals surface area (Å²) in [6.07, 6.45) is -1.32. The Bertz CT molecular complexity index is 639. The molecule has 0 saturated carbocycles. The Kier molecular flexibility index (Phi) is 4.65. The van der Waals surface area contributed by atoms with Crippen LogP contribution in [0.3, 0.4) is 0 Å². The Balaban J connectivity index is 2.59. The van der Waals surface area contributed by atoms with Crippen LogP contribution in [0.1, 0.15) is 17.2 Å². The zero-order valence-electron chi connectivity index (χ0n) is 11.4. The summed E-state index contributed by atoms with van der Waals surface area (Å²) in [5, 5.41) is 10.4. The number of rotatable bonds is 4. The minimum absolute atomic E-state index is 0.0263. The van der Waals surface area contributed by atoms with Crippen molar-refractivity contribution in [3.8, 4) is 11.5 Å².